The summed E-state index contributed by atoms with van der Waals surface area (Å²) in [6.07, 6.45) is 5.12. The van der Waals surface area contributed by atoms with Gasteiger partial charge in [-0.05, 0) is 25.8 Å². The molecule has 3 nitrogen and oxygen atoms in total. The van der Waals surface area contributed by atoms with Gasteiger partial charge in [0.1, 0.15) is 0 Å². The second-order valence-corrected chi connectivity index (χ2v) is 4.32. The second kappa shape index (κ2) is 6.83. The van der Waals surface area contributed by atoms with Crippen LogP contribution in [0.15, 0.2) is 0 Å². The Kier molecular flexibility index (Phi) is 5.69. The molecule has 0 saturated carbocycles. The van der Waals surface area contributed by atoms with Crippen molar-refractivity contribution in [1.82, 2.24) is 10.2 Å². The molecule has 0 atom stereocenters. The molecule has 1 rings (SSSR count). The molecule has 1 amide bonds. The highest BCUT2D eigenvalue weighted by molar-refractivity contribution is 5.76. The SMILES string of the molecule is CCCCC(=O)N1CCC(NCC)CC1. The van der Waals surface area contributed by atoms with Crippen molar-refractivity contribution in [1.29, 1.82) is 0 Å². The van der Waals surface area contributed by atoms with E-state index < -0.39 is 0 Å². The molecule has 1 aliphatic rings. The summed E-state index contributed by atoms with van der Waals surface area (Å²) < 4.78 is 0. The minimum Gasteiger partial charge on any atom is -0.343 e. The fourth-order valence-electron chi connectivity index (χ4n) is 2.11. The molecule has 0 aromatic carbocycles. The van der Waals surface area contributed by atoms with Crippen LogP contribution in [0.3, 0.4) is 0 Å². The minimum atomic E-state index is 0.354. The van der Waals surface area contributed by atoms with E-state index in [1.54, 1.807) is 0 Å². The maximum absolute atomic E-state index is 11.7. The Morgan fingerprint density at radius 3 is 2.53 bits per heavy atom. The molecule has 0 spiro atoms. The van der Waals surface area contributed by atoms with E-state index in [9.17, 15) is 4.79 Å². The quantitative estimate of drug-likeness (QED) is 0.753. The summed E-state index contributed by atoms with van der Waals surface area (Å²) in [5.41, 5.74) is 0. The van der Waals surface area contributed by atoms with Crippen molar-refractivity contribution in [2.24, 2.45) is 0 Å². The van der Waals surface area contributed by atoms with Crippen LogP contribution in [0, 0.1) is 0 Å². The Balaban J connectivity index is 2.21. The highest BCUT2D eigenvalue weighted by atomic mass is 16.2. The third-order valence-corrected chi connectivity index (χ3v) is 3.08. The normalized spacial score (nSPS) is 18.1. The molecule has 15 heavy (non-hydrogen) atoms. The molecule has 1 aliphatic heterocycles. The number of hydrogen-bond donors (Lipinski definition) is 1. The van der Waals surface area contributed by atoms with Crippen molar-refractivity contribution in [2.45, 2.75) is 52.0 Å². The van der Waals surface area contributed by atoms with Gasteiger partial charge in [0.2, 0.25) is 5.91 Å². The number of piperidine rings is 1. The molecule has 0 aromatic heterocycles. The van der Waals surface area contributed by atoms with Gasteiger partial charge in [0.05, 0.1) is 0 Å². The Bertz CT molecular complexity index is 186. The molecular formula is C12H24N2O. The number of unbranched alkanes of at least 4 members (excludes halogenated alkanes) is 1. The van der Waals surface area contributed by atoms with Crippen LogP contribution in [-0.4, -0.2) is 36.5 Å². The molecule has 0 bridgehead atoms. The lowest BCUT2D eigenvalue weighted by Crippen LogP contribution is -2.44. The third kappa shape index (κ3) is 4.20. The number of nitrogens with one attached hydrogen (secondary N) is 1. The summed E-state index contributed by atoms with van der Waals surface area (Å²) in [5.74, 6) is 0.354. The van der Waals surface area contributed by atoms with Crippen LogP contribution in [-0.2, 0) is 4.79 Å². The highest BCUT2D eigenvalue weighted by Gasteiger charge is 2.21. The fourth-order valence-corrected chi connectivity index (χ4v) is 2.11. The van der Waals surface area contributed by atoms with Crippen molar-refractivity contribution >= 4 is 5.91 Å². The number of carbonyl (C=O) groups excluding carboxylic acids is 1. The number of nitrogens with zero attached hydrogens (tertiary/aromatic N) is 1. The number of amides is 1. The molecule has 0 unspecified atom stereocenters. The predicted molar refractivity (Wildman–Crippen MR) is 62.8 cm³/mol. The molecule has 1 saturated heterocycles. The monoisotopic (exact) mass is 212 g/mol. The van der Waals surface area contributed by atoms with Gasteiger partial charge < -0.3 is 10.2 Å². The summed E-state index contributed by atoms with van der Waals surface area (Å²) >= 11 is 0. The lowest BCUT2D eigenvalue weighted by Gasteiger charge is -2.32. The second-order valence-electron chi connectivity index (χ2n) is 4.32. The molecule has 88 valence electrons. The van der Waals surface area contributed by atoms with Gasteiger partial charge in [0, 0.05) is 25.6 Å². The molecule has 3 heteroatoms. The third-order valence-electron chi connectivity index (χ3n) is 3.08. The van der Waals surface area contributed by atoms with Crippen LogP contribution in [0.5, 0.6) is 0 Å². The van der Waals surface area contributed by atoms with E-state index in [1.807, 2.05) is 4.90 Å². The largest absolute Gasteiger partial charge is 0.343 e. The minimum absolute atomic E-state index is 0.354. The van der Waals surface area contributed by atoms with Gasteiger partial charge in [-0.3, -0.25) is 4.79 Å². The van der Waals surface area contributed by atoms with Gasteiger partial charge in [-0.25, -0.2) is 0 Å². The van der Waals surface area contributed by atoms with E-state index in [-0.39, 0.29) is 0 Å². The van der Waals surface area contributed by atoms with Crippen LogP contribution < -0.4 is 5.32 Å². The number of carbonyl (C=O) groups is 1. The van der Waals surface area contributed by atoms with Gasteiger partial charge in [-0.1, -0.05) is 20.3 Å². The van der Waals surface area contributed by atoms with E-state index in [0.29, 0.717) is 11.9 Å². The average molecular weight is 212 g/mol. The lowest BCUT2D eigenvalue weighted by atomic mass is 10.0. The summed E-state index contributed by atoms with van der Waals surface area (Å²) in [7, 11) is 0. The summed E-state index contributed by atoms with van der Waals surface area (Å²) in [4.78, 5) is 13.8. The van der Waals surface area contributed by atoms with Crippen LogP contribution >= 0.6 is 0 Å². The maximum Gasteiger partial charge on any atom is 0.222 e. The van der Waals surface area contributed by atoms with Crippen molar-refractivity contribution in [2.75, 3.05) is 19.6 Å². The molecule has 1 fully saturated rings. The average Bonchev–Trinajstić information content (AvgIpc) is 2.27. The van der Waals surface area contributed by atoms with E-state index >= 15 is 0 Å². The van der Waals surface area contributed by atoms with Crippen LogP contribution in [0.2, 0.25) is 0 Å². The first-order valence-corrected chi connectivity index (χ1v) is 6.29. The Morgan fingerprint density at radius 1 is 1.33 bits per heavy atom. The molecule has 0 radical (unpaired) electrons. The van der Waals surface area contributed by atoms with Crippen molar-refractivity contribution in [3.05, 3.63) is 0 Å². The fraction of sp³-hybridized carbons (Fsp3) is 0.917. The van der Waals surface area contributed by atoms with Gasteiger partial charge >= 0.3 is 0 Å². The maximum atomic E-state index is 11.7. The molecule has 0 aromatic rings. The first-order chi connectivity index (χ1) is 7.27. The van der Waals surface area contributed by atoms with Gasteiger partial charge in [-0.15, -0.1) is 0 Å². The number of hydrogen-bond acceptors (Lipinski definition) is 2. The summed E-state index contributed by atoms with van der Waals surface area (Å²) in [6.45, 7) is 7.19. The van der Waals surface area contributed by atoms with Crippen LogP contribution in [0.25, 0.3) is 0 Å². The molecule has 1 heterocycles. The van der Waals surface area contributed by atoms with E-state index in [4.69, 9.17) is 0 Å². The zero-order valence-electron chi connectivity index (χ0n) is 10.1. The summed E-state index contributed by atoms with van der Waals surface area (Å²) in [6, 6.07) is 0.630. The zero-order valence-corrected chi connectivity index (χ0v) is 10.1. The number of rotatable bonds is 5. The van der Waals surface area contributed by atoms with Gasteiger partial charge in [0.15, 0.2) is 0 Å². The molecular weight excluding hydrogens is 188 g/mol. The lowest BCUT2D eigenvalue weighted by molar-refractivity contribution is -0.132. The topological polar surface area (TPSA) is 32.3 Å². The van der Waals surface area contributed by atoms with E-state index in [0.717, 1.165) is 51.7 Å². The van der Waals surface area contributed by atoms with Crippen molar-refractivity contribution in [3.63, 3.8) is 0 Å². The standard InChI is InChI=1S/C12H24N2O/c1-3-5-6-12(15)14-9-7-11(8-10-14)13-4-2/h11,13H,3-10H2,1-2H3. The number of likely N-dealkylation sites (tertiary alicyclic amines) is 1. The van der Waals surface area contributed by atoms with E-state index in [1.165, 1.54) is 0 Å². The zero-order chi connectivity index (χ0) is 11.1. The molecule has 0 aliphatic carbocycles. The first kappa shape index (κ1) is 12.5. The van der Waals surface area contributed by atoms with Gasteiger partial charge in [-0.2, -0.15) is 0 Å². The highest BCUT2D eigenvalue weighted by Crippen LogP contribution is 2.12. The predicted octanol–water partition coefficient (Wildman–Crippen LogP) is 1.78. The van der Waals surface area contributed by atoms with E-state index in [2.05, 4.69) is 19.2 Å². The smallest absolute Gasteiger partial charge is 0.222 e. The molecule has 1 N–H and O–H groups in total. The van der Waals surface area contributed by atoms with Gasteiger partial charge in [0.25, 0.3) is 0 Å². The van der Waals surface area contributed by atoms with Crippen LogP contribution in [0.1, 0.15) is 46.0 Å². The van der Waals surface area contributed by atoms with Crippen molar-refractivity contribution in [3.8, 4) is 0 Å². The first-order valence-electron chi connectivity index (χ1n) is 6.29. The summed E-state index contributed by atoms with van der Waals surface area (Å²) in [5, 5.41) is 3.45. The van der Waals surface area contributed by atoms with Crippen molar-refractivity contribution < 1.29 is 4.79 Å². The van der Waals surface area contributed by atoms with Crippen LogP contribution in [0.4, 0.5) is 0 Å². The Labute approximate surface area is 93.2 Å². The Hall–Kier alpha value is -0.570. The Morgan fingerprint density at radius 2 is 2.00 bits per heavy atom.